The lowest BCUT2D eigenvalue weighted by atomic mass is 9.98. The van der Waals surface area contributed by atoms with Crippen molar-refractivity contribution in [3.8, 4) is 0 Å². The third-order valence-corrected chi connectivity index (χ3v) is 7.00. The number of nitrogens with one attached hydrogen (secondary N) is 1. The first-order valence-corrected chi connectivity index (χ1v) is 9.13. The van der Waals surface area contributed by atoms with Gasteiger partial charge in [-0.3, -0.25) is 0 Å². The summed E-state index contributed by atoms with van der Waals surface area (Å²) in [7, 11) is -3.34. The van der Waals surface area contributed by atoms with Gasteiger partial charge in [0.2, 0.25) is 0 Å². The number of thiophene rings is 1. The minimum absolute atomic E-state index is 0. The van der Waals surface area contributed by atoms with Crippen LogP contribution in [0.3, 0.4) is 0 Å². The van der Waals surface area contributed by atoms with Crippen LogP contribution in [0.4, 0.5) is 0 Å². The van der Waals surface area contributed by atoms with Crippen LogP contribution in [-0.2, 0) is 10.0 Å². The molecule has 0 bridgehead atoms. The van der Waals surface area contributed by atoms with Crippen LogP contribution >= 0.6 is 35.3 Å². The molecule has 1 aliphatic rings. The van der Waals surface area contributed by atoms with E-state index in [1.165, 1.54) is 0 Å². The lowest BCUT2D eigenvalue weighted by Gasteiger charge is -2.30. The molecule has 1 fully saturated rings. The van der Waals surface area contributed by atoms with Crippen molar-refractivity contribution in [2.75, 3.05) is 26.2 Å². The van der Waals surface area contributed by atoms with E-state index in [2.05, 4.69) is 12.2 Å². The summed E-state index contributed by atoms with van der Waals surface area (Å²) in [6.07, 6.45) is 1.84. The third-order valence-electron chi connectivity index (χ3n) is 3.40. The van der Waals surface area contributed by atoms with Gasteiger partial charge in [-0.1, -0.05) is 18.5 Å². The van der Waals surface area contributed by atoms with Gasteiger partial charge >= 0.3 is 0 Å². The van der Waals surface area contributed by atoms with Crippen molar-refractivity contribution in [1.29, 1.82) is 0 Å². The second kappa shape index (κ2) is 7.96. The molecule has 1 aromatic rings. The Hall–Kier alpha value is 0.150. The molecule has 0 atom stereocenters. The fraction of sp³-hybridized carbons (Fsp3) is 0.667. The second-order valence-electron chi connectivity index (χ2n) is 4.71. The molecular weight excluding hydrogens is 339 g/mol. The summed E-state index contributed by atoms with van der Waals surface area (Å²) in [5.41, 5.74) is 0. The minimum Gasteiger partial charge on any atom is -0.317 e. The largest absolute Gasteiger partial charge is 0.317 e. The van der Waals surface area contributed by atoms with Crippen molar-refractivity contribution in [1.82, 2.24) is 9.62 Å². The molecule has 116 valence electrons. The fourth-order valence-corrected chi connectivity index (χ4v) is 5.37. The zero-order chi connectivity index (χ0) is 13.9. The molecule has 20 heavy (non-hydrogen) atoms. The predicted octanol–water partition coefficient (Wildman–Crippen LogP) is 2.83. The molecule has 0 aromatic carbocycles. The molecule has 0 saturated carbocycles. The van der Waals surface area contributed by atoms with Gasteiger partial charge in [-0.25, -0.2) is 8.42 Å². The van der Waals surface area contributed by atoms with E-state index in [4.69, 9.17) is 11.6 Å². The van der Waals surface area contributed by atoms with Crippen LogP contribution in [0.5, 0.6) is 0 Å². The molecule has 0 amide bonds. The van der Waals surface area contributed by atoms with Gasteiger partial charge in [0.25, 0.3) is 10.0 Å². The molecule has 1 saturated heterocycles. The predicted molar refractivity (Wildman–Crippen MR) is 86.6 cm³/mol. The number of hydrogen-bond acceptors (Lipinski definition) is 4. The maximum absolute atomic E-state index is 12.4. The smallest absolute Gasteiger partial charge is 0.252 e. The van der Waals surface area contributed by atoms with Crippen molar-refractivity contribution in [3.05, 3.63) is 16.5 Å². The number of rotatable bonds is 5. The van der Waals surface area contributed by atoms with Crippen molar-refractivity contribution in [2.24, 2.45) is 5.92 Å². The number of piperidine rings is 1. The summed E-state index contributed by atoms with van der Waals surface area (Å²) in [6.45, 7) is 5.24. The molecule has 1 N–H and O–H groups in total. The zero-order valence-electron chi connectivity index (χ0n) is 11.3. The molecule has 4 nitrogen and oxygen atoms in total. The highest BCUT2D eigenvalue weighted by Crippen LogP contribution is 2.30. The van der Waals surface area contributed by atoms with Gasteiger partial charge in [0.1, 0.15) is 4.21 Å². The third kappa shape index (κ3) is 4.32. The lowest BCUT2D eigenvalue weighted by Crippen LogP contribution is -2.40. The molecule has 1 aromatic heterocycles. The Bertz CT molecular complexity index is 511. The van der Waals surface area contributed by atoms with E-state index < -0.39 is 10.0 Å². The van der Waals surface area contributed by atoms with Crippen LogP contribution in [0.2, 0.25) is 4.34 Å². The molecule has 1 aliphatic heterocycles. The first kappa shape index (κ1) is 18.2. The van der Waals surface area contributed by atoms with Crippen LogP contribution in [0.25, 0.3) is 0 Å². The van der Waals surface area contributed by atoms with E-state index in [9.17, 15) is 8.42 Å². The average molecular weight is 359 g/mol. The van der Waals surface area contributed by atoms with Crippen LogP contribution in [0.15, 0.2) is 16.3 Å². The van der Waals surface area contributed by atoms with Crippen molar-refractivity contribution < 1.29 is 8.42 Å². The van der Waals surface area contributed by atoms with E-state index in [1.54, 1.807) is 16.4 Å². The highest BCUT2D eigenvalue weighted by atomic mass is 35.5. The maximum Gasteiger partial charge on any atom is 0.252 e. The Kier molecular flexibility index (Phi) is 7.24. The van der Waals surface area contributed by atoms with Crippen molar-refractivity contribution in [3.63, 3.8) is 0 Å². The highest BCUT2D eigenvalue weighted by molar-refractivity contribution is 7.91. The highest BCUT2D eigenvalue weighted by Gasteiger charge is 2.30. The van der Waals surface area contributed by atoms with Gasteiger partial charge in [0.15, 0.2) is 0 Å². The Morgan fingerprint density at radius 3 is 2.55 bits per heavy atom. The number of nitrogens with zero attached hydrogens (tertiary/aromatic N) is 1. The van der Waals surface area contributed by atoms with Gasteiger partial charge in [0.05, 0.1) is 4.34 Å². The number of hydrogen-bond donors (Lipinski definition) is 1. The molecule has 2 heterocycles. The molecule has 0 radical (unpaired) electrons. The fourth-order valence-electron chi connectivity index (χ4n) is 2.27. The Balaban J connectivity index is 0.00000200. The van der Waals surface area contributed by atoms with Crippen molar-refractivity contribution >= 4 is 45.4 Å². The van der Waals surface area contributed by atoms with Crippen LogP contribution in [-0.4, -0.2) is 38.9 Å². The summed E-state index contributed by atoms with van der Waals surface area (Å²) < 4.78 is 27.2. The van der Waals surface area contributed by atoms with Gasteiger partial charge in [-0.2, -0.15) is 4.31 Å². The average Bonchev–Trinajstić information content (AvgIpc) is 2.84. The molecule has 0 spiro atoms. The summed E-state index contributed by atoms with van der Waals surface area (Å²) in [5.74, 6) is 0.582. The Morgan fingerprint density at radius 2 is 2.05 bits per heavy atom. The van der Waals surface area contributed by atoms with E-state index in [0.29, 0.717) is 27.6 Å². The van der Waals surface area contributed by atoms with E-state index >= 15 is 0 Å². The molecular formula is C12H20Cl2N2O2S2. The van der Waals surface area contributed by atoms with Crippen molar-refractivity contribution in [2.45, 2.75) is 24.0 Å². The molecule has 2 rings (SSSR count). The Morgan fingerprint density at radius 1 is 1.40 bits per heavy atom. The first-order valence-electron chi connectivity index (χ1n) is 6.50. The monoisotopic (exact) mass is 358 g/mol. The number of halogens is 2. The van der Waals surface area contributed by atoms with E-state index in [0.717, 1.165) is 37.3 Å². The zero-order valence-corrected chi connectivity index (χ0v) is 14.5. The summed E-state index contributed by atoms with van der Waals surface area (Å²) >= 11 is 6.94. The Labute approximate surface area is 136 Å². The maximum atomic E-state index is 12.4. The molecule has 0 aliphatic carbocycles. The summed E-state index contributed by atoms with van der Waals surface area (Å²) in [6, 6.07) is 3.23. The van der Waals surface area contributed by atoms with Gasteiger partial charge in [0, 0.05) is 13.1 Å². The minimum atomic E-state index is -3.34. The van der Waals surface area contributed by atoms with Gasteiger partial charge < -0.3 is 5.32 Å². The van der Waals surface area contributed by atoms with Gasteiger partial charge in [-0.05, 0) is 44.0 Å². The van der Waals surface area contributed by atoms with Crippen LogP contribution in [0, 0.1) is 5.92 Å². The van der Waals surface area contributed by atoms with E-state index in [1.807, 2.05) is 0 Å². The van der Waals surface area contributed by atoms with E-state index in [-0.39, 0.29) is 12.4 Å². The summed E-state index contributed by atoms with van der Waals surface area (Å²) in [5, 5.41) is 3.32. The van der Waals surface area contributed by atoms with Crippen LogP contribution < -0.4 is 5.32 Å². The summed E-state index contributed by atoms with van der Waals surface area (Å²) in [4.78, 5) is 0. The second-order valence-corrected chi connectivity index (χ2v) is 8.59. The van der Waals surface area contributed by atoms with Gasteiger partial charge in [-0.15, -0.1) is 23.7 Å². The topological polar surface area (TPSA) is 49.4 Å². The molecule has 8 heteroatoms. The lowest BCUT2D eigenvalue weighted by molar-refractivity contribution is 0.269. The SMILES string of the molecule is CCNCC1CCN(S(=O)(=O)c2ccc(Cl)s2)CC1.Cl. The number of sulfonamides is 1. The normalized spacial score (nSPS) is 17.9. The van der Waals surface area contributed by atoms with Crippen LogP contribution in [0.1, 0.15) is 19.8 Å². The molecule has 0 unspecified atom stereocenters. The quantitative estimate of drug-likeness (QED) is 0.880. The standard InChI is InChI=1S/C12H19ClN2O2S2.ClH/c1-2-14-9-10-5-7-15(8-6-10)19(16,17)12-4-3-11(13)18-12;/h3-4,10,14H,2,5-9H2,1H3;1H. The first-order chi connectivity index (χ1) is 9.04.